The van der Waals surface area contributed by atoms with Crippen LogP contribution in [0.5, 0.6) is 0 Å². The molecule has 0 aliphatic heterocycles. The Hall–Kier alpha value is -1.72. The van der Waals surface area contributed by atoms with Crippen LogP contribution in [0.1, 0.15) is 16.7 Å². The topological polar surface area (TPSA) is 0 Å². The standard InChI is InChI=1S/C21H16.Zr/c1-3-8-16(9-4-1)19-14-18-12-7-13-20(21(18)15-19)17-10-5-2-6-11-17;/h1-13,15H,14H2;. The third-order valence-electron chi connectivity index (χ3n) is 4.13. The summed E-state index contributed by atoms with van der Waals surface area (Å²) in [5, 5.41) is 0. The van der Waals surface area contributed by atoms with E-state index < -0.39 is 0 Å². The number of benzene rings is 3. The van der Waals surface area contributed by atoms with Gasteiger partial charge in [-0.3, -0.25) is 0 Å². The van der Waals surface area contributed by atoms with Crippen molar-refractivity contribution >= 4 is 11.6 Å². The average molecular weight is 360 g/mol. The van der Waals surface area contributed by atoms with E-state index in [0.29, 0.717) is 0 Å². The Balaban J connectivity index is 0.00000144. The molecule has 3 aromatic carbocycles. The van der Waals surface area contributed by atoms with E-state index in [1.807, 2.05) is 0 Å². The molecule has 0 radical (unpaired) electrons. The normalized spacial score (nSPS) is 12.3. The largest absolute Gasteiger partial charge is 0.0622 e. The summed E-state index contributed by atoms with van der Waals surface area (Å²) in [7, 11) is 0. The molecule has 0 spiro atoms. The van der Waals surface area contributed by atoms with Crippen LogP contribution >= 0.6 is 0 Å². The fourth-order valence-corrected chi connectivity index (χ4v) is 3.08. The van der Waals surface area contributed by atoms with Gasteiger partial charge < -0.3 is 0 Å². The molecule has 0 aromatic heterocycles. The average Bonchev–Trinajstić information content (AvgIpc) is 3.00. The summed E-state index contributed by atoms with van der Waals surface area (Å²) in [4.78, 5) is 0. The number of fused-ring (bicyclic) bond motifs is 1. The van der Waals surface area contributed by atoms with Crippen molar-refractivity contribution in [1.29, 1.82) is 0 Å². The fourth-order valence-electron chi connectivity index (χ4n) is 3.08. The van der Waals surface area contributed by atoms with E-state index in [1.54, 1.807) is 0 Å². The van der Waals surface area contributed by atoms with Crippen LogP contribution in [0.2, 0.25) is 0 Å². The van der Waals surface area contributed by atoms with Crippen LogP contribution in [0, 0.1) is 0 Å². The Morgan fingerprint density at radius 1 is 0.591 bits per heavy atom. The van der Waals surface area contributed by atoms with Crippen molar-refractivity contribution in [3.05, 3.63) is 95.6 Å². The second-order valence-corrected chi connectivity index (χ2v) is 5.46. The molecule has 1 aliphatic carbocycles. The van der Waals surface area contributed by atoms with Gasteiger partial charge >= 0.3 is 0 Å². The molecule has 104 valence electrons. The van der Waals surface area contributed by atoms with Gasteiger partial charge in [0.05, 0.1) is 0 Å². The van der Waals surface area contributed by atoms with Crippen molar-refractivity contribution in [1.82, 2.24) is 0 Å². The zero-order valence-electron chi connectivity index (χ0n) is 12.3. The summed E-state index contributed by atoms with van der Waals surface area (Å²) in [6.45, 7) is 0. The summed E-state index contributed by atoms with van der Waals surface area (Å²) in [6.07, 6.45) is 3.38. The zero-order chi connectivity index (χ0) is 14.1. The Morgan fingerprint density at radius 2 is 1.23 bits per heavy atom. The van der Waals surface area contributed by atoms with E-state index in [4.69, 9.17) is 0 Å². The maximum Gasteiger partial charge on any atom is 0 e. The van der Waals surface area contributed by atoms with Crippen molar-refractivity contribution < 1.29 is 26.2 Å². The summed E-state index contributed by atoms with van der Waals surface area (Å²) < 4.78 is 0. The van der Waals surface area contributed by atoms with Gasteiger partial charge in [0.1, 0.15) is 0 Å². The second-order valence-electron chi connectivity index (χ2n) is 5.46. The Morgan fingerprint density at radius 3 is 1.91 bits per heavy atom. The maximum absolute atomic E-state index is 2.35. The molecule has 0 amide bonds. The molecule has 0 bridgehead atoms. The fraction of sp³-hybridized carbons (Fsp3) is 0.0476. The first kappa shape index (κ1) is 15.2. The van der Waals surface area contributed by atoms with Gasteiger partial charge in [-0.2, -0.15) is 0 Å². The molecule has 0 fully saturated rings. The molecule has 1 heteroatoms. The number of rotatable bonds is 2. The minimum Gasteiger partial charge on any atom is -0.0622 e. The molecule has 4 rings (SSSR count). The Labute approximate surface area is 150 Å². The van der Waals surface area contributed by atoms with E-state index in [1.165, 1.54) is 33.4 Å². The number of hydrogen-bond acceptors (Lipinski definition) is 0. The SMILES string of the molecule is C1=C(c2ccccc2)Cc2cccc(-c3ccccc3)c21.[Zr]. The van der Waals surface area contributed by atoms with Gasteiger partial charge in [0.25, 0.3) is 0 Å². The van der Waals surface area contributed by atoms with Gasteiger partial charge in [-0.15, -0.1) is 0 Å². The summed E-state index contributed by atoms with van der Waals surface area (Å²) >= 11 is 0. The predicted octanol–water partition coefficient (Wildman–Crippen LogP) is 5.45. The van der Waals surface area contributed by atoms with E-state index in [2.05, 4.69) is 84.9 Å². The van der Waals surface area contributed by atoms with Crippen molar-refractivity contribution in [3.8, 4) is 11.1 Å². The number of allylic oxidation sites excluding steroid dienone is 1. The van der Waals surface area contributed by atoms with E-state index in [-0.39, 0.29) is 26.2 Å². The summed E-state index contributed by atoms with van der Waals surface area (Å²) in [5.74, 6) is 0. The van der Waals surface area contributed by atoms with Crippen molar-refractivity contribution in [3.63, 3.8) is 0 Å². The molecule has 1 aliphatic rings. The van der Waals surface area contributed by atoms with Gasteiger partial charge in [-0.1, -0.05) is 78.9 Å². The van der Waals surface area contributed by atoms with Crippen molar-refractivity contribution in [2.24, 2.45) is 0 Å². The summed E-state index contributed by atoms with van der Waals surface area (Å²) in [5.41, 5.74) is 8.17. The first-order valence-corrected chi connectivity index (χ1v) is 7.35. The maximum atomic E-state index is 2.35. The first-order valence-electron chi connectivity index (χ1n) is 7.35. The molecule has 22 heavy (non-hydrogen) atoms. The monoisotopic (exact) mass is 358 g/mol. The number of hydrogen-bond donors (Lipinski definition) is 0. The molecule has 0 unspecified atom stereocenters. The van der Waals surface area contributed by atoms with Crippen molar-refractivity contribution in [2.75, 3.05) is 0 Å². The molecule has 0 nitrogen and oxygen atoms in total. The van der Waals surface area contributed by atoms with Gasteiger partial charge in [0, 0.05) is 26.2 Å². The van der Waals surface area contributed by atoms with Crippen LogP contribution in [0.25, 0.3) is 22.8 Å². The Bertz CT molecular complexity index is 802. The zero-order valence-corrected chi connectivity index (χ0v) is 14.7. The summed E-state index contributed by atoms with van der Waals surface area (Å²) in [6, 6.07) is 28.0. The minimum absolute atomic E-state index is 0. The minimum atomic E-state index is 0. The van der Waals surface area contributed by atoms with Crippen LogP contribution in [-0.2, 0) is 32.6 Å². The van der Waals surface area contributed by atoms with Crippen LogP contribution in [0.15, 0.2) is 78.9 Å². The molecule has 0 N–H and O–H groups in total. The third-order valence-corrected chi connectivity index (χ3v) is 4.13. The molecular formula is C21H16Zr. The molecule has 3 aromatic rings. The molecular weight excluding hydrogens is 343 g/mol. The third kappa shape index (κ3) is 2.78. The van der Waals surface area contributed by atoms with Gasteiger partial charge in [-0.05, 0) is 45.9 Å². The molecule has 0 saturated heterocycles. The predicted molar refractivity (Wildman–Crippen MR) is 89.9 cm³/mol. The molecule has 0 heterocycles. The van der Waals surface area contributed by atoms with Crippen LogP contribution in [0.3, 0.4) is 0 Å². The Kier molecular flexibility index (Phi) is 4.55. The molecule has 0 saturated carbocycles. The van der Waals surface area contributed by atoms with Gasteiger partial charge in [0.15, 0.2) is 0 Å². The van der Waals surface area contributed by atoms with E-state index >= 15 is 0 Å². The van der Waals surface area contributed by atoms with Crippen molar-refractivity contribution in [2.45, 2.75) is 6.42 Å². The first-order chi connectivity index (χ1) is 10.4. The van der Waals surface area contributed by atoms with Crippen LogP contribution in [-0.4, -0.2) is 0 Å². The molecule has 0 atom stereocenters. The van der Waals surface area contributed by atoms with Gasteiger partial charge in [-0.25, -0.2) is 0 Å². The van der Waals surface area contributed by atoms with E-state index in [0.717, 1.165) is 6.42 Å². The smallest absolute Gasteiger partial charge is 0 e. The second kappa shape index (κ2) is 6.59. The van der Waals surface area contributed by atoms with Gasteiger partial charge in [0.2, 0.25) is 0 Å². The van der Waals surface area contributed by atoms with E-state index in [9.17, 15) is 0 Å². The van der Waals surface area contributed by atoms with Crippen LogP contribution < -0.4 is 0 Å². The van der Waals surface area contributed by atoms with Crippen LogP contribution in [0.4, 0.5) is 0 Å². The quantitative estimate of drug-likeness (QED) is 0.571.